The average Bonchev–Trinajstić information content (AvgIpc) is 3.02. The quantitative estimate of drug-likeness (QED) is 0.698. The number of hydrogen-bond donors (Lipinski definition) is 2. The van der Waals surface area contributed by atoms with Gasteiger partial charge in [-0.25, -0.2) is 22.7 Å². The normalized spacial score (nSPS) is 13.1. The number of thiophene rings is 1. The van der Waals surface area contributed by atoms with Crippen LogP contribution in [0.1, 0.15) is 19.6 Å². The van der Waals surface area contributed by atoms with Gasteiger partial charge in [-0.2, -0.15) is 15.0 Å². The van der Waals surface area contributed by atoms with E-state index in [0.29, 0.717) is 11.3 Å². The van der Waals surface area contributed by atoms with E-state index in [0.717, 1.165) is 6.07 Å². The second-order valence-electron chi connectivity index (χ2n) is 4.26. The van der Waals surface area contributed by atoms with Gasteiger partial charge in [-0.3, -0.25) is 5.32 Å². The minimum absolute atomic E-state index is 0.0989. The number of carbonyl (C=O) groups is 2. The van der Waals surface area contributed by atoms with Gasteiger partial charge in [-0.05, 0) is 18.4 Å². The van der Waals surface area contributed by atoms with Gasteiger partial charge in [0.2, 0.25) is 5.95 Å². The summed E-state index contributed by atoms with van der Waals surface area (Å²) < 4.78 is 56.2. The van der Waals surface area contributed by atoms with Crippen LogP contribution >= 0.6 is 11.3 Å². The Morgan fingerprint density at radius 2 is 2.08 bits per heavy atom. The van der Waals surface area contributed by atoms with Gasteiger partial charge in [0, 0.05) is 0 Å². The summed E-state index contributed by atoms with van der Waals surface area (Å²) >= 11 is 0.638. The van der Waals surface area contributed by atoms with Crippen LogP contribution in [0.2, 0.25) is 0 Å². The van der Waals surface area contributed by atoms with Crippen LogP contribution in [0, 0.1) is 6.92 Å². The van der Waals surface area contributed by atoms with Crippen LogP contribution in [-0.4, -0.2) is 49.5 Å². The van der Waals surface area contributed by atoms with Crippen LogP contribution in [-0.2, 0) is 14.8 Å². The molecule has 13 heteroatoms. The first-order valence-corrected chi connectivity index (χ1v) is 8.69. The first-order valence-electron chi connectivity index (χ1n) is 7.82. The molecule has 25 heavy (non-hydrogen) atoms. The number of ether oxygens (including phenoxy) is 2. The fraction of sp³-hybridized carbons (Fsp3) is 0.250. The maximum Gasteiger partial charge on any atom is 0.349 e. The molecule has 0 unspecified atom stereocenters. The molecule has 2 aromatic heterocycles. The van der Waals surface area contributed by atoms with E-state index in [-0.39, 0.29) is 17.8 Å². The molecule has 2 N–H and O–H groups in total. The molecule has 2 amide bonds. The molecule has 2 rings (SSSR count). The average molecular weight is 390 g/mol. The van der Waals surface area contributed by atoms with Crippen LogP contribution in [0.3, 0.4) is 0 Å². The summed E-state index contributed by atoms with van der Waals surface area (Å²) in [6.07, 6.45) is 0. The molecule has 0 bridgehead atoms. The van der Waals surface area contributed by atoms with Crippen molar-refractivity contribution in [2.75, 3.05) is 19.5 Å². The van der Waals surface area contributed by atoms with E-state index in [1.807, 2.05) is 0 Å². The summed E-state index contributed by atoms with van der Waals surface area (Å²) in [6.45, 7) is 1.50. The molecule has 0 aliphatic rings. The molecule has 2 aromatic rings. The number of amides is 2. The molecule has 134 valence electrons. The molecular formula is C12H13N5O6S2. The number of hydrogen-bond acceptors (Lipinski definition) is 10. The van der Waals surface area contributed by atoms with Crippen molar-refractivity contribution >= 4 is 39.3 Å². The Balaban J connectivity index is 2.18. The number of aromatic nitrogens is 3. The molecule has 0 aliphatic carbocycles. The molecule has 0 atom stereocenters. The third-order valence-electron chi connectivity index (χ3n) is 2.56. The van der Waals surface area contributed by atoms with Crippen molar-refractivity contribution in [1.29, 1.82) is 0 Å². The third-order valence-corrected chi connectivity index (χ3v) is 4.96. The highest BCUT2D eigenvalue weighted by atomic mass is 32.2. The molecule has 0 saturated heterocycles. The maximum atomic E-state index is 12.4. The number of methoxy groups -OCH3 is 2. The molecule has 0 aliphatic heterocycles. The fourth-order valence-electron chi connectivity index (χ4n) is 1.61. The molecule has 0 radical (unpaired) electrons. The van der Waals surface area contributed by atoms with Crippen LogP contribution in [0.5, 0.6) is 6.01 Å². The number of rotatable bonds is 5. The zero-order chi connectivity index (χ0) is 21.1. The number of sulfonamides is 1. The topological polar surface area (TPSA) is 149 Å². The highest BCUT2D eigenvalue weighted by molar-refractivity contribution is 7.90. The van der Waals surface area contributed by atoms with Crippen LogP contribution in [0.15, 0.2) is 16.3 Å². The molecule has 2 heterocycles. The first-order chi connectivity index (χ1) is 12.9. The third kappa shape index (κ3) is 4.39. The Labute approximate surface area is 150 Å². The van der Waals surface area contributed by atoms with E-state index < -0.39 is 38.8 Å². The molecule has 0 aromatic carbocycles. The highest BCUT2D eigenvalue weighted by Gasteiger charge is 2.26. The van der Waals surface area contributed by atoms with E-state index in [4.69, 9.17) is 8.85 Å². The number of anilines is 1. The van der Waals surface area contributed by atoms with Gasteiger partial charge in [0.15, 0.2) is 0 Å². The lowest BCUT2D eigenvalue weighted by Gasteiger charge is -2.08. The van der Waals surface area contributed by atoms with Crippen molar-refractivity contribution in [3.8, 4) is 6.01 Å². The number of nitrogens with one attached hydrogen (secondary N) is 2. The minimum atomic E-state index is -4.53. The Kier molecular flexibility index (Phi) is 4.30. The zero-order valence-corrected chi connectivity index (χ0v) is 14.4. The Bertz CT molecular complexity index is 1010. The Morgan fingerprint density at radius 1 is 1.32 bits per heavy atom. The number of nitrogens with zero attached hydrogens (tertiary/aromatic N) is 3. The largest absolute Gasteiger partial charge is 0.467 e. The van der Waals surface area contributed by atoms with Gasteiger partial charge in [-0.15, -0.1) is 11.3 Å². The standard InChI is InChI=1S/C12H13N5O6S2/c1-6-13-10(16-12(14-6)23-3)15-11(19)17-25(20,21)7-4-5-24-8(7)9(18)22-2/h4-5H,1-3H3,(H2,13,14,15,16,17,19)/i2D3. The Hall–Kier alpha value is -2.80. The van der Waals surface area contributed by atoms with Crippen molar-refractivity contribution in [3.63, 3.8) is 0 Å². The summed E-state index contributed by atoms with van der Waals surface area (Å²) in [6, 6.07) is -0.306. The van der Waals surface area contributed by atoms with Gasteiger partial charge >= 0.3 is 18.0 Å². The lowest BCUT2D eigenvalue weighted by molar-refractivity contribution is 0.0602. The van der Waals surface area contributed by atoms with Gasteiger partial charge in [0.05, 0.1) is 18.3 Å². The zero-order valence-electron chi connectivity index (χ0n) is 15.8. The van der Waals surface area contributed by atoms with Crippen molar-refractivity contribution in [2.45, 2.75) is 11.8 Å². The monoisotopic (exact) mass is 390 g/mol. The van der Waals surface area contributed by atoms with Gasteiger partial charge in [0.1, 0.15) is 15.6 Å². The first kappa shape index (κ1) is 14.5. The maximum absolute atomic E-state index is 12.4. The van der Waals surface area contributed by atoms with Crippen molar-refractivity contribution in [3.05, 3.63) is 22.1 Å². The number of esters is 1. The van der Waals surface area contributed by atoms with Crippen molar-refractivity contribution in [1.82, 2.24) is 19.7 Å². The van der Waals surface area contributed by atoms with Crippen LogP contribution < -0.4 is 14.8 Å². The van der Waals surface area contributed by atoms with Gasteiger partial charge in [-0.1, -0.05) is 0 Å². The molecule has 11 nitrogen and oxygen atoms in total. The van der Waals surface area contributed by atoms with E-state index in [9.17, 15) is 18.0 Å². The predicted molar refractivity (Wildman–Crippen MR) is 86.1 cm³/mol. The van der Waals surface area contributed by atoms with Crippen molar-refractivity contribution in [2.24, 2.45) is 0 Å². The predicted octanol–water partition coefficient (Wildman–Crippen LogP) is 0.547. The van der Waals surface area contributed by atoms with E-state index in [1.165, 1.54) is 19.4 Å². The van der Waals surface area contributed by atoms with Gasteiger partial charge in [0.25, 0.3) is 10.0 Å². The Morgan fingerprint density at radius 3 is 2.76 bits per heavy atom. The fourth-order valence-corrected chi connectivity index (χ4v) is 3.81. The summed E-state index contributed by atoms with van der Waals surface area (Å²) in [5, 5.41) is 3.31. The lowest BCUT2D eigenvalue weighted by atomic mass is 10.5. The van der Waals surface area contributed by atoms with Crippen LogP contribution in [0.25, 0.3) is 0 Å². The summed E-state index contributed by atoms with van der Waals surface area (Å²) in [7, 11) is -6.29. The number of aryl methyl sites for hydroxylation is 1. The van der Waals surface area contributed by atoms with E-state index in [2.05, 4.69) is 25.0 Å². The second kappa shape index (κ2) is 7.40. The summed E-state index contributed by atoms with van der Waals surface area (Å²) in [5.74, 6) is -1.43. The lowest BCUT2D eigenvalue weighted by Crippen LogP contribution is -2.35. The van der Waals surface area contributed by atoms with E-state index >= 15 is 0 Å². The highest BCUT2D eigenvalue weighted by Crippen LogP contribution is 2.22. The second-order valence-corrected chi connectivity index (χ2v) is 6.82. The smallest absolute Gasteiger partial charge is 0.349 e. The SMILES string of the molecule is [2H]C([2H])([2H])OC(=O)c1sccc1S(=O)(=O)NC(=O)Nc1nc(C)nc(OC)n1. The van der Waals surface area contributed by atoms with Crippen molar-refractivity contribution < 1.29 is 31.6 Å². The van der Waals surface area contributed by atoms with Crippen LogP contribution in [0.4, 0.5) is 10.7 Å². The molecule has 0 saturated carbocycles. The summed E-state index contributed by atoms with van der Waals surface area (Å²) in [5.41, 5.74) is 0. The molecule has 0 spiro atoms. The van der Waals surface area contributed by atoms with E-state index in [1.54, 1.807) is 4.72 Å². The molecular weight excluding hydrogens is 374 g/mol. The van der Waals surface area contributed by atoms with Gasteiger partial charge < -0.3 is 9.47 Å². The number of carbonyl (C=O) groups excluding carboxylic acids is 2. The number of urea groups is 1. The summed E-state index contributed by atoms with van der Waals surface area (Å²) in [4.78, 5) is 34.1. The minimum Gasteiger partial charge on any atom is -0.467 e. The molecule has 0 fully saturated rings.